The van der Waals surface area contributed by atoms with Crippen LogP contribution >= 0.6 is 0 Å². The molecular formula is C27H31N3O4. The van der Waals surface area contributed by atoms with Crippen LogP contribution in [0.25, 0.3) is 6.08 Å². The molecule has 2 amide bonds. The fraction of sp³-hybridized carbons (Fsp3) is 0.370. The second-order valence-electron chi connectivity index (χ2n) is 8.85. The molecule has 0 saturated carbocycles. The molecule has 7 heteroatoms. The zero-order chi connectivity index (χ0) is 24.2. The van der Waals surface area contributed by atoms with E-state index in [0.29, 0.717) is 17.2 Å². The van der Waals surface area contributed by atoms with Crippen molar-refractivity contribution in [3.63, 3.8) is 0 Å². The maximum Gasteiger partial charge on any atom is 0.277 e. The number of amidine groups is 1. The summed E-state index contributed by atoms with van der Waals surface area (Å²) in [7, 11) is 1.54. The highest BCUT2D eigenvalue weighted by molar-refractivity contribution is 6.14. The van der Waals surface area contributed by atoms with Gasteiger partial charge in [-0.15, -0.1) is 0 Å². The third-order valence-electron chi connectivity index (χ3n) is 6.10. The Kier molecular flexibility index (Phi) is 7.01. The van der Waals surface area contributed by atoms with E-state index >= 15 is 0 Å². The lowest BCUT2D eigenvalue weighted by Gasteiger charge is -2.15. The van der Waals surface area contributed by atoms with Crippen molar-refractivity contribution in [2.24, 2.45) is 4.99 Å². The molecule has 0 aromatic heterocycles. The first-order valence-corrected chi connectivity index (χ1v) is 11.7. The fourth-order valence-electron chi connectivity index (χ4n) is 4.50. The molecular weight excluding hydrogens is 430 g/mol. The van der Waals surface area contributed by atoms with Crippen LogP contribution in [0.3, 0.4) is 0 Å². The van der Waals surface area contributed by atoms with Crippen LogP contribution in [-0.4, -0.2) is 42.8 Å². The van der Waals surface area contributed by atoms with Gasteiger partial charge in [0.15, 0.2) is 18.1 Å². The lowest BCUT2D eigenvalue weighted by Crippen LogP contribution is -2.31. The Morgan fingerprint density at radius 2 is 1.85 bits per heavy atom. The SMILES string of the molecule is COc1cc(/C=C2\N=C3CCCCCN3C2=O)ccc1OCC(=O)Nc1c(C)cc(C)cc1C. The van der Waals surface area contributed by atoms with Gasteiger partial charge >= 0.3 is 0 Å². The highest BCUT2D eigenvalue weighted by Gasteiger charge is 2.30. The van der Waals surface area contributed by atoms with E-state index in [1.54, 1.807) is 30.2 Å². The number of hydrogen-bond acceptors (Lipinski definition) is 5. The maximum absolute atomic E-state index is 12.8. The molecule has 0 bridgehead atoms. The van der Waals surface area contributed by atoms with Crippen molar-refractivity contribution < 1.29 is 19.1 Å². The number of aryl methyl sites for hydroxylation is 3. The van der Waals surface area contributed by atoms with Crippen LogP contribution < -0.4 is 14.8 Å². The molecule has 7 nitrogen and oxygen atoms in total. The first kappa shape index (κ1) is 23.5. The van der Waals surface area contributed by atoms with Gasteiger partial charge in [-0.1, -0.05) is 30.2 Å². The molecule has 0 aliphatic carbocycles. The summed E-state index contributed by atoms with van der Waals surface area (Å²) in [6.45, 7) is 6.56. The summed E-state index contributed by atoms with van der Waals surface area (Å²) in [5, 5.41) is 2.94. The first-order chi connectivity index (χ1) is 16.4. The van der Waals surface area contributed by atoms with E-state index in [2.05, 4.69) is 10.3 Å². The molecule has 2 heterocycles. The number of ether oxygens (including phenoxy) is 2. The number of anilines is 1. The van der Waals surface area contributed by atoms with Gasteiger partial charge in [0.2, 0.25) is 0 Å². The molecule has 0 spiro atoms. The Morgan fingerprint density at radius 1 is 1.09 bits per heavy atom. The third-order valence-corrected chi connectivity index (χ3v) is 6.10. The molecule has 1 saturated heterocycles. The van der Waals surface area contributed by atoms with Crippen molar-refractivity contribution in [3.8, 4) is 11.5 Å². The van der Waals surface area contributed by atoms with Gasteiger partial charge in [-0.3, -0.25) is 14.5 Å². The zero-order valence-corrected chi connectivity index (χ0v) is 20.2. The Bertz CT molecular complexity index is 1160. The topological polar surface area (TPSA) is 80.2 Å². The number of rotatable bonds is 6. The van der Waals surface area contributed by atoms with Crippen LogP contribution in [0.15, 0.2) is 41.0 Å². The van der Waals surface area contributed by atoms with Gasteiger partial charge in [0.05, 0.1) is 7.11 Å². The summed E-state index contributed by atoms with van der Waals surface area (Å²) in [6, 6.07) is 9.42. The Balaban J connectivity index is 1.44. The normalized spacial score (nSPS) is 16.7. The van der Waals surface area contributed by atoms with E-state index in [1.165, 1.54) is 0 Å². The van der Waals surface area contributed by atoms with Crippen molar-refractivity contribution in [2.45, 2.75) is 46.5 Å². The molecule has 1 N–H and O–H groups in total. The lowest BCUT2D eigenvalue weighted by atomic mass is 10.1. The summed E-state index contributed by atoms with van der Waals surface area (Å²) in [4.78, 5) is 31.6. The van der Waals surface area contributed by atoms with Gasteiger partial charge in [-0.2, -0.15) is 0 Å². The summed E-state index contributed by atoms with van der Waals surface area (Å²) in [5.74, 6) is 1.51. The van der Waals surface area contributed by atoms with Crippen molar-refractivity contribution in [1.82, 2.24) is 4.90 Å². The minimum atomic E-state index is -0.247. The molecule has 178 valence electrons. The highest BCUT2D eigenvalue weighted by Crippen LogP contribution is 2.31. The lowest BCUT2D eigenvalue weighted by molar-refractivity contribution is -0.122. The third kappa shape index (κ3) is 5.14. The molecule has 1 fully saturated rings. The van der Waals surface area contributed by atoms with Crippen molar-refractivity contribution in [3.05, 3.63) is 58.3 Å². The molecule has 4 rings (SSSR count). The van der Waals surface area contributed by atoms with E-state index in [4.69, 9.17) is 9.47 Å². The minimum Gasteiger partial charge on any atom is -0.493 e. The number of carbonyl (C=O) groups is 2. The van der Waals surface area contributed by atoms with E-state index in [-0.39, 0.29) is 18.4 Å². The number of benzene rings is 2. The zero-order valence-electron chi connectivity index (χ0n) is 20.2. The monoisotopic (exact) mass is 461 g/mol. The van der Waals surface area contributed by atoms with Gasteiger partial charge in [0, 0.05) is 18.7 Å². The fourth-order valence-corrected chi connectivity index (χ4v) is 4.50. The predicted octanol–water partition coefficient (Wildman–Crippen LogP) is 4.79. The number of carbonyl (C=O) groups excluding carboxylic acids is 2. The van der Waals surface area contributed by atoms with Crippen LogP contribution in [0.2, 0.25) is 0 Å². The summed E-state index contributed by atoms with van der Waals surface area (Å²) < 4.78 is 11.2. The van der Waals surface area contributed by atoms with E-state index in [0.717, 1.165) is 66.0 Å². The summed E-state index contributed by atoms with van der Waals surface area (Å²) in [6.07, 6.45) is 5.80. The molecule has 2 aromatic rings. The van der Waals surface area contributed by atoms with Crippen molar-refractivity contribution >= 4 is 29.4 Å². The average molecular weight is 462 g/mol. The van der Waals surface area contributed by atoms with Gasteiger partial charge in [-0.25, -0.2) is 4.99 Å². The second-order valence-corrected chi connectivity index (χ2v) is 8.85. The number of nitrogens with zero attached hydrogens (tertiary/aromatic N) is 2. The largest absolute Gasteiger partial charge is 0.493 e. The van der Waals surface area contributed by atoms with E-state index in [1.807, 2.05) is 39.0 Å². The number of hydrogen-bond donors (Lipinski definition) is 1. The molecule has 34 heavy (non-hydrogen) atoms. The van der Waals surface area contributed by atoms with Crippen LogP contribution in [0.4, 0.5) is 5.69 Å². The maximum atomic E-state index is 12.8. The van der Waals surface area contributed by atoms with Crippen LogP contribution in [0.1, 0.15) is 47.9 Å². The second kappa shape index (κ2) is 10.1. The number of amides is 2. The van der Waals surface area contributed by atoms with Gasteiger partial charge in [0.25, 0.3) is 11.8 Å². The number of methoxy groups -OCH3 is 1. The van der Waals surface area contributed by atoms with Crippen molar-refractivity contribution in [1.29, 1.82) is 0 Å². The van der Waals surface area contributed by atoms with Crippen LogP contribution in [-0.2, 0) is 9.59 Å². The summed E-state index contributed by atoms with van der Waals surface area (Å²) in [5.41, 5.74) is 5.21. The molecule has 2 aliphatic rings. The van der Waals surface area contributed by atoms with Gasteiger partial charge < -0.3 is 14.8 Å². The first-order valence-electron chi connectivity index (χ1n) is 11.7. The number of fused-ring (bicyclic) bond motifs is 1. The highest BCUT2D eigenvalue weighted by atomic mass is 16.5. The van der Waals surface area contributed by atoms with Crippen molar-refractivity contribution in [2.75, 3.05) is 25.6 Å². The molecule has 2 aliphatic heterocycles. The Morgan fingerprint density at radius 3 is 2.59 bits per heavy atom. The molecule has 0 unspecified atom stereocenters. The predicted molar refractivity (Wildman–Crippen MR) is 133 cm³/mol. The average Bonchev–Trinajstić information content (AvgIpc) is 2.96. The molecule has 0 atom stereocenters. The Hall–Kier alpha value is -3.61. The van der Waals surface area contributed by atoms with E-state index in [9.17, 15) is 9.59 Å². The Labute approximate surface area is 200 Å². The van der Waals surface area contributed by atoms with E-state index < -0.39 is 0 Å². The van der Waals surface area contributed by atoms with Crippen LogP contribution in [0, 0.1) is 20.8 Å². The summed E-state index contributed by atoms with van der Waals surface area (Å²) >= 11 is 0. The quantitative estimate of drug-likeness (QED) is 0.627. The molecule has 2 aromatic carbocycles. The van der Waals surface area contributed by atoms with Crippen LogP contribution in [0.5, 0.6) is 11.5 Å². The molecule has 0 radical (unpaired) electrons. The minimum absolute atomic E-state index is 0.0467. The van der Waals surface area contributed by atoms with Gasteiger partial charge in [0.1, 0.15) is 11.5 Å². The van der Waals surface area contributed by atoms with Gasteiger partial charge in [-0.05, 0) is 68.5 Å². The number of aliphatic imine (C=N–C) groups is 1. The number of nitrogens with one attached hydrogen (secondary N) is 1. The standard InChI is InChI=1S/C27H31N3O4/c1-17-12-18(2)26(19(3)13-17)29-25(31)16-34-22-10-9-20(15-23(22)33-4)14-21-27(32)30-11-7-5-6-8-24(30)28-21/h9-10,12-15H,5-8,11,16H2,1-4H3,(H,29,31)/b21-14-. The smallest absolute Gasteiger partial charge is 0.277 e.